The van der Waals surface area contributed by atoms with Crippen molar-refractivity contribution in [2.75, 3.05) is 16.3 Å². The first-order valence-electron chi connectivity index (χ1n) is 5.94. The van der Waals surface area contributed by atoms with Crippen molar-refractivity contribution < 1.29 is 17.6 Å². The molecule has 1 rings (SSSR count). The van der Waals surface area contributed by atoms with Crippen LogP contribution in [0.1, 0.15) is 13.8 Å². The van der Waals surface area contributed by atoms with E-state index >= 15 is 0 Å². The largest absolute Gasteiger partial charge is 0.325 e. The molecule has 20 heavy (non-hydrogen) atoms. The Labute approximate surface area is 117 Å². The molecule has 0 aliphatic rings. The molecule has 0 radical (unpaired) electrons. The number of hydrogen-bond donors (Lipinski definition) is 3. The minimum Gasteiger partial charge on any atom is -0.325 e. The smallest absolute Gasteiger partial charge is 0.241 e. The van der Waals surface area contributed by atoms with Crippen LogP contribution in [0.25, 0.3) is 0 Å². The first kappa shape index (κ1) is 16.4. The van der Waals surface area contributed by atoms with Gasteiger partial charge >= 0.3 is 0 Å². The van der Waals surface area contributed by atoms with E-state index in [1.54, 1.807) is 13.8 Å². The lowest BCUT2D eigenvalue weighted by molar-refractivity contribution is -0.118. The van der Waals surface area contributed by atoms with Gasteiger partial charge in [0, 0.05) is 5.69 Å². The van der Waals surface area contributed by atoms with E-state index in [2.05, 4.69) is 5.32 Å². The summed E-state index contributed by atoms with van der Waals surface area (Å²) in [6.45, 7) is 3.59. The third-order valence-corrected chi connectivity index (χ3v) is 3.14. The summed E-state index contributed by atoms with van der Waals surface area (Å²) >= 11 is 0. The Morgan fingerprint density at radius 2 is 1.95 bits per heavy atom. The molecular formula is C12H18FN3O3S. The Morgan fingerprint density at radius 1 is 1.35 bits per heavy atom. The van der Waals surface area contributed by atoms with Crippen LogP contribution in [0.2, 0.25) is 0 Å². The normalized spacial score (nSPS) is 13.1. The molecular weight excluding hydrogens is 285 g/mol. The van der Waals surface area contributed by atoms with Crippen LogP contribution in [0, 0.1) is 11.7 Å². The van der Waals surface area contributed by atoms with Crippen molar-refractivity contribution in [2.24, 2.45) is 11.7 Å². The maximum Gasteiger partial charge on any atom is 0.241 e. The second-order valence-electron chi connectivity index (χ2n) is 4.83. The molecule has 1 amide bonds. The summed E-state index contributed by atoms with van der Waals surface area (Å²) in [5, 5.41) is 2.51. The van der Waals surface area contributed by atoms with E-state index in [-0.39, 0.29) is 17.3 Å². The van der Waals surface area contributed by atoms with Crippen molar-refractivity contribution in [3.63, 3.8) is 0 Å². The fourth-order valence-corrected chi connectivity index (χ4v) is 1.97. The van der Waals surface area contributed by atoms with Crippen LogP contribution < -0.4 is 15.8 Å². The molecule has 0 aliphatic carbocycles. The molecule has 4 N–H and O–H groups in total. The van der Waals surface area contributed by atoms with Gasteiger partial charge in [0.25, 0.3) is 0 Å². The number of benzene rings is 1. The van der Waals surface area contributed by atoms with Crippen molar-refractivity contribution in [3.05, 3.63) is 24.0 Å². The summed E-state index contributed by atoms with van der Waals surface area (Å²) < 4.78 is 37.7. The van der Waals surface area contributed by atoms with Gasteiger partial charge in [0.1, 0.15) is 5.82 Å². The third kappa shape index (κ3) is 4.78. The van der Waals surface area contributed by atoms with E-state index in [0.717, 1.165) is 12.3 Å². The van der Waals surface area contributed by atoms with E-state index < -0.39 is 27.8 Å². The summed E-state index contributed by atoms with van der Waals surface area (Å²) in [6.07, 6.45) is 0.909. The van der Waals surface area contributed by atoms with Gasteiger partial charge < -0.3 is 11.1 Å². The number of rotatable bonds is 5. The molecule has 8 heteroatoms. The number of halogens is 1. The number of amides is 1. The number of carbonyl (C=O) groups is 1. The van der Waals surface area contributed by atoms with Crippen molar-refractivity contribution >= 4 is 27.3 Å². The average molecular weight is 303 g/mol. The predicted molar refractivity (Wildman–Crippen MR) is 76.3 cm³/mol. The lowest BCUT2D eigenvalue weighted by atomic mass is 10.0. The predicted octanol–water partition coefficient (Wildman–Crippen LogP) is 1.12. The Bertz CT molecular complexity index is 602. The highest BCUT2D eigenvalue weighted by Gasteiger charge is 2.18. The molecule has 0 saturated heterocycles. The number of anilines is 2. The Hall–Kier alpha value is -1.67. The fraction of sp³-hybridized carbons (Fsp3) is 0.417. The van der Waals surface area contributed by atoms with Crippen LogP contribution in [0.5, 0.6) is 0 Å². The summed E-state index contributed by atoms with van der Waals surface area (Å²) in [5.74, 6) is -1.21. The van der Waals surface area contributed by atoms with Crippen LogP contribution >= 0.6 is 0 Å². The van der Waals surface area contributed by atoms with Gasteiger partial charge in [-0.2, -0.15) is 0 Å². The van der Waals surface area contributed by atoms with E-state index in [0.29, 0.717) is 0 Å². The molecule has 0 fully saturated rings. The number of hydrogen-bond acceptors (Lipinski definition) is 4. The molecule has 1 atom stereocenters. The van der Waals surface area contributed by atoms with Crippen molar-refractivity contribution in [1.82, 2.24) is 0 Å². The van der Waals surface area contributed by atoms with Gasteiger partial charge in [-0.15, -0.1) is 0 Å². The molecule has 0 bridgehead atoms. The molecule has 6 nitrogen and oxygen atoms in total. The van der Waals surface area contributed by atoms with E-state index in [1.807, 2.05) is 4.72 Å². The zero-order valence-electron chi connectivity index (χ0n) is 11.5. The van der Waals surface area contributed by atoms with Crippen LogP contribution in [0.15, 0.2) is 18.2 Å². The third-order valence-electron chi connectivity index (χ3n) is 2.55. The van der Waals surface area contributed by atoms with Gasteiger partial charge in [-0.25, -0.2) is 12.8 Å². The molecule has 1 aromatic rings. The molecule has 0 aromatic heterocycles. The maximum atomic E-state index is 13.5. The Balaban J connectivity index is 2.93. The molecule has 0 heterocycles. The maximum absolute atomic E-state index is 13.5. The van der Waals surface area contributed by atoms with Crippen molar-refractivity contribution in [3.8, 4) is 0 Å². The number of sulfonamides is 1. The second-order valence-corrected chi connectivity index (χ2v) is 6.58. The zero-order valence-corrected chi connectivity index (χ0v) is 12.3. The Morgan fingerprint density at radius 3 is 2.45 bits per heavy atom. The van der Waals surface area contributed by atoms with Gasteiger partial charge in [-0.1, -0.05) is 13.8 Å². The highest BCUT2D eigenvalue weighted by atomic mass is 32.2. The number of nitrogens with two attached hydrogens (primary N) is 1. The van der Waals surface area contributed by atoms with E-state index in [9.17, 15) is 17.6 Å². The monoisotopic (exact) mass is 303 g/mol. The van der Waals surface area contributed by atoms with Gasteiger partial charge in [-0.05, 0) is 24.1 Å². The topological polar surface area (TPSA) is 101 Å². The molecule has 1 aromatic carbocycles. The lowest BCUT2D eigenvalue weighted by Gasteiger charge is -2.16. The second kappa shape index (κ2) is 6.19. The van der Waals surface area contributed by atoms with Gasteiger partial charge in [-0.3, -0.25) is 9.52 Å². The Kier molecular flexibility index (Phi) is 5.07. The van der Waals surface area contributed by atoms with Crippen LogP contribution in [-0.2, 0) is 14.8 Å². The first-order valence-corrected chi connectivity index (χ1v) is 7.83. The molecule has 0 saturated carbocycles. The lowest BCUT2D eigenvalue weighted by Crippen LogP contribution is -2.39. The van der Waals surface area contributed by atoms with E-state index in [1.165, 1.54) is 12.1 Å². The molecule has 112 valence electrons. The summed E-state index contributed by atoms with van der Waals surface area (Å²) in [7, 11) is -3.60. The quantitative estimate of drug-likeness (QED) is 0.758. The number of nitrogens with one attached hydrogen (secondary N) is 2. The van der Waals surface area contributed by atoms with Gasteiger partial charge in [0.2, 0.25) is 15.9 Å². The minimum atomic E-state index is -3.60. The standard InChI is InChI=1S/C12H18FN3O3S/c1-7(2)11(14)12(17)15-8-4-5-9(13)10(6-8)16-20(3,18)19/h4-7,11,16H,14H2,1-3H3,(H,15,17)/t11-/m1/s1. The van der Waals surface area contributed by atoms with Crippen molar-refractivity contribution in [2.45, 2.75) is 19.9 Å². The van der Waals surface area contributed by atoms with Crippen LogP contribution in [0.3, 0.4) is 0 Å². The first-order chi connectivity index (χ1) is 9.10. The average Bonchev–Trinajstić information content (AvgIpc) is 2.30. The summed E-state index contributed by atoms with van der Waals surface area (Å²) in [4.78, 5) is 11.8. The summed E-state index contributed by atoms with van der Waals surface area (Å²) in [6, 6.07) is 2.88. The minimum absolute atomic E-state index is 0.0518. The van der Waals surface area contributed by atoms with Crippen molar-refractivity contribution in [1.29, 1.82) is 0 Å². The SMILES string of the molecule is CC(C)[C@@H](N)C(=O)Nc1ccc(F)c(NS(C)(=O)=O)c1. The summed E-state index contributed by atoms with van der Waals surface area (Å²) in [5.41, 5.74) is 5.71. The van der Waals surface area contributed by atoms with E-state index in [4.69, 9.17) is 5.73 Å². The zero-order chi connectivity index (χ0) is 15.5. The number of carbonyl (C=O) groups excluding carboxylic acids is 1. The van der Waals surface area contributed by atoms with Crippen LogP contribution in [0.4, 0.5) is 15.8 Å². The highest BCUT2D eigenvalue weighted by molar-refractivity contribution is 7.92. The highest BCUT2D eigenvalue weighted by Crippen LogP contribution is 2.20. The molecule has 0 unspecified atom stereocenters. The fourth-order valence-electron chi connectivity index (χ4n) is 1.41. The molecule has 0 spiro atoms. The van der Waals surface area contributed by atoms with Gasteiger partial charge in [0.15, 0.2) is 0 Å². The van der Waals surface area contributed by atoms with Crippen LogP contribution in [-0.4, -0.2) is 26.6 Å². The van der Waals surface area contributed by atoms with Gasteiger partial charge in [0.05, 0.1) is 18.0 Å². The molecule has 0 aliphatic heterocycles.